The molecule has 1 aromatic rings. The van der Waals surface area contributed by atoms with Gasteiger partial charge in [0, 0.05) is 12.5 Å². The summed E-state index contributed by atoms with van der Waals surface area (Å²) in [5, 5.41) is 11.0. The first-order valence-electron chi connectivity index (χ1n) is 7.05. The van der Waals surface area contributed by atoms with Gasteiger partial charge in [-0.1, -0.05) is 32.0 Å². The fraction of sp³-hybridized carbons (Fsp3) is 0.533. The topological polar surface area (TPSA) is 93.1 Å². The second-order valence-corrected chi connectivity index (χ2v) is 8.05. The van der Waals surface area contributed by atoms with Crippen LogP contribution in [0.5, 0.6) is 0 Å². The minimum absolute atomic E-state index is 0.0747. The molecule has 0 spiro atoms. The predicted molar refractivity (Wildman–Crippen MR) is 81.4 cm³/mol. The van der Waals surface area contributed by atoms with Gasteiger partial charge in [-0.05, 0) is 12.1 Å². The van der Waals surface area contributed by atoms with Crippen molar-refractivity contribution in [1.29, 1.82) is 0 Å². The zero-order chi connectivity index (χ0) is 17.5. The van der Waals surface area contributed by atoms with Crippen LogP contribution in [0.1, 0.15) is 13.8 Å². The van der Waals surface area contributed by atoms with E-state index in [0.29, 0.717) is 5.06 Å². The van der Waals surface area contributed by atoms with E-state index in [1.165, 1.54) is 19.2 Å². The van der Waals surface area contributed by atoms with Gasteiger partial charge in [0.25, 0.3) is 4.87 Å². The zero-order valence-electron chi connectivity index (χ0n) is 13.5. The van der Waals surface area contributed by atoms with Crippen LogP contribution in [0.15, 0.2) is 35.2 Å². The highest BCUT2D eigenvalue weighted by molar-refractivity contribution is 7.93. The van der Waals surface area contributed by atoms with Gasteiger partial charge in [-0.2, -0.15) is 5.06 Å². The predicted octanol–water partition coefficient (Wildman–Crippen LogP) is 1.08. The molecule has 0 aliphatic carbocycles. The third-order valence-corrected chi connectivity index (χ3v) is 7.14. The van der Waals surface area contributed by atoms with E-state index in [1.54, 1.807) is 32.0 Å². The van der Waals surface area contributed by atoms with Gasteiger partial charge in [0.05, 0.1) is 24.7 Å². The van der Waals surface area contributed by atoms with Gasteiger partial charge >= 0.3 is 5.97 Å². The molecule has 0 bridgehead atoms. The lowest BCUT2D eigenvalue weighted by molar-refractivity contribution is -0.179. The van der Waals surface area contributed by atoms with Crippen molar-refractivity contribution in [2.75, 3.05) is 20.8 Å². The van der Waals surface area contributed by atoms with E-state index in [4.69, 9.17) is 9.47 Å². The minimum Gasteiger partial charge on any atom is -0.467 e. The highest BCUT2D eigenvalue weighted by Crippen LogP contribution is 2.51. The summed E-state index contributed by atoms with van der Waals surface area (Å²) < 4.78 is 36.6. The minimum atomic E-state index is -4.29. The van der Waals surface area contributed by atoms with Crippen molar-refractivity contribution in [2.45, 2.75) is 29.7 Å². The Labute approximate surface area is 135 Å². The summed E-state index contributed by atoms with van der Waals surface area (Å²) in [6.07, 6.45) is -0.676. The van der Waals surface area contributed by atoms with Crippen LogP contribution in [0.25, 0.3) is 0 Å². The van der Waals surface area contributed by atoms with Crippen LogP contribution in [0.4, 0.5) is 0 Å². The number of methoxy groups -OCH3 is 2. The van der Waals surface area contributed by atoms with Crippen molar-refractivity contribution in [1.82, 2.24) is 5.06 Å². The number of hydrogen-bond acceptors (Lipinski definition) is 7. The molecule has 2 atom stereocenters. The molecule has 0 amide bonds. The fourth-order valence-electron chi connectivity index (χ4n) is 3.31. The number of hydroxylamine groups is 2. The molecule has 1 aliphatic heterocycles. The summed E-state index contributed by atoms with van der Waals surface area (Å²) in [4.78, 5) is 10.2. The number of esters is 1. The normalized spacial score (nSPS) is 27.8. The van der Waals surface area contributed by atoms with E-state index in [0.717, 1.165) is 7.11 Å². The highest BCUT2D eigenvalue weighted by atomic mass is 32.2. The van der Waals surface area contributed by atoms with Gasteiger partial charge in [0.15, 0.2) is 0 Å². The first kappa shape index (κ1) is 17.9. The number of sulfone groups is 1. The average Bonchev–Trinajstić information content (AvgIpc) is 2.74. The molecule has 0 unspecified atom stereocenters. The molecule has 1 aliphatic rings. The Morgan fingerprint density at radius 3 is 2.26 bits per heavy atom. The number of carbonyl (C=O) groups excluding carboxylic acids is 1. The molecule has 0 radical (unpaired) electrons. The van der Waals surface area contributed by atoms with Crippen LogP contribution < -0.4 is 0 Å². The van der Waals surface area contributed by atoms with Crippen molar-refractivity contribution in [3.05, 3.63) is 30.3 Å². The largest absolute Gasteiger partial charge is 0.467 e. The van der Waals surface area contributed by atoms with Gasteiger partial charge in [0.2, 0.25) is 9.84 Å². The first-order valence-corrected chi connectivity index (χ1v) is 8.53. The van der Waals surface area contributed by atoms with Gasteiger partial charge in [0.1, 0.15) is 0 Å². The third kappa shape index (κ3) is 2.20. The Bertz CT molecular complexity index is 687. The second kappa shape index (κ2) is 5.86. The molecular weight excluding hydrogens is 322 g/mol. The van der Waals surface area contributed by atoms with Gasteiger partial charge in [-0.15, -0.1) is 0 Å². The Morgan fingerprint density at radius 1 is 1.26 bits per heavy atom. The summed E-state index contributed by atoms with van der Waals surface area (Å²) in [7, 11) is -1.79. The summed E-state index contributed by atoms with van der Waals surface area (Å²) in [5.74, 6) is -1.05. The van der Waals surface area contributed by atoms with Crippen LogP contribution in [0.3, 0.4) is 0 Å². The maximum atomic E-state index is 13.3. The zero-order valence-corrected chi connectivity index (χ0v) is 14.3. The molecule has 1 fully saturated rings. The standard InChI is InChI=1S/C15H21NO6S/c1-14(2)12(21-3)10-16(18)15(14,13(17)22-4)23(19,20)11-8-6-5-7-9-11/h5-9,12,18H,10H2,1-4H3/t12-,15-/m0/s1. The first-order chi connectivity index (χ1) is 10.7. The molecule has 1 N–H and O–H groups in total. The van der Waals surface area contributed by atoms with E-state index in [-0.39, 0.29) is 11.4 Å². The Kier molecular flexibility index (Phi) is 4.55. The lowest BCUT2D eigenvalue weighted by Crippen LogP contribution is -2.63. The Balaban J connectivity index is 2.79. The maximum absolute atomic E-state index is 13.3. The summed E-state index contributed by atoms with van der Waals surface area (Å²) in [6.45, 7) is 2.99. The molecule has 23 heavy (non-hydrogen) atoms. The van der Waals surface area contributed by atoms with E-state index < -0.39 is 32.2 Å². The average molecular weight is 343 g/mol. The van der Waals surface area contributed by atoms with Gasteiger partial charge in [-0.25, -0.2) is 13.2 Å². The van der Waals surface area contributed by atoms with Crippen LogP contribution in [-0.2, 0) is 24.1 Å². The van der Waals surface area contributed by atoms with Crippen LogP contribution in [-0.4, -0.2) is 56.4 Å². The quantitative estimate of drug-likeness (QED) is 0.818. The summed E-state index contributed by atoms with van der Waals surface area (Å²) in [6, 6.07) is 7.52. The highest BCUT2D eigenvalue weighted by Gasteiger charge is 2.73. The van der Waals surface area contributed by atoms with Gasteiger partial charge in [-0.3, -0.25) is 0 Å². The van der Waals surface area contributed by atoms with Crippen molar-refractivity contribution >= 4 is 15.8 Å². The fourth-order valence-corrected chi connectivity index (χ4v) is 5.64. The number of carbonyl (C=O) groups is 1. The maximum Gasteiger partial charge on any atom is 0.345 e. The van der Waals surface area contributed by atoms with Gasteiger partial charge < -0.3 is 14.7 Å². The van der Waals surface area contributed by atoms with E-state index in [1.807, 2.05) is 0 Å². The lowest BCUT2D eigenvalue weighted by atomic mass is 9.82. The van der Waals surface area contributed by atoms with Crippen LogP contribution in [0, 0.1) is 5.41 Å². The molecule has 0 saturated carbocycles. The van der Waals surface area contributed by atoms with Crippen molar-refractivity contribution in [3.63, 3.8) is 0 Å². The number of rotatable bonds is 4. The molecule has 128 valence electrons. The van der Waals surface area contributed by atoms with Crippen LogP contribution in [0.2, 0.25) is 0 Å². The van der Waals surface area contributed by atoms with E-state index >= 15 is 0 Å². The monoisotopic (exact) mass is 343 g/mol. The SMILES string of the molecule is COC(=O)[C@@]1(S(=O)(=O)c2ccccc2)N(O)C[C@H](OC)C1(C)C. The second-order valence-electron chi connectivity index (χ2n) is 5.98. The Hall–Kier alpha value is -1.48. The lowest BCUT2D eigenvalue weighted by Gasteiger charge is -2.41. The summed E-state index contributed by atoms with van der Waals surface area (Å²) in [5.41, 5.74) is -1.25. The molecule has 8 heteroatoms. The molecule has 1 saturated heterocycles. The Morgan fingerprint density at radius 2 is 1.83 bits per heavy atom. The molecule has 1 heterocycles. The van der Waals surface area contributed by atoms with E-state index in [2.05, 4.69) is 0 Å². The summed E-state index contributed by atoms with van der Waals surface area (Å²) >= 11 is 0. The van der Waals surface area contributed by atoms with Crippen molar-refractivity contribution in [2.24, 2.45) is 5.41 Å². The van der Waals surface area contributed by atoms with Crippen molar-refractivity contribution < 1.29 is 27.9 Å². The third-order valence-electron chi connectivity index (χ3n) is 4.57. The smallest absolute Gasteiger partial charge is 0.345 e. The number of hydrogen-bond donors (Lipinski definition) is 1. The molecule has 7 nitrogen and oxygen atoms in total. The molecule has 2 rings (SSSR count). The molecule has 1 aromatic carbocycles. The number of ether oxygens (including phenoxy) is 2. The molecular formula is C15H21NO6S. The van der Waals surface area contributed by atoms with Crippen LogP contribution >= 0.6 is 0 Å². The number of benzene rings is 1. The van der Waals surface area contributed by atoms with Crippen molar-refractivity contribution in [3.8, 4) is 0 Å². The number of nitrogens with zero attached hydrogens (tertiary/aromatic N) is 1. The van der Waals surface area contributed by atoms with E-state index in [9.17, 15) is 18.4 Å². The molecule has 0 aromatic heterocycles.